The number of hydrogen-bond acceptors (Lipinski definition) is 1. The van der Waals surface area contributed by atoms with Gasteiger partial charge in [0.2, 0.25) is 0 Å². The third-order valence-corrected chi connectivity index (χ3v) is 4.61. The van der Waals surface area contributed by atoms with Crippen LogP contribution in [-0.2, 0) is 4.79 Å². The Bertz CT molecular complexity index is 733. The summed E-state index contributed by atoms with van der Waals surface area (Å²) in [4.78, 5) is 17.4. The van der Waals surface area contributed by atoms with Crippen LogP contribution >= 0.6 is 0 Å². The van der Waals surface area contributed by atoms with E-state index in [9.17, 15) is 4.79 Å². The summed E-state index contributed by atoms with van der Waals surface area (Å²) in [6.07, 6.45) is 5.67. The number of nitrogens with zero attached hydrogens (tertiary/aromatic N) is 1. The van der Waals surface area contributed by atoms with Crippen molar-refractivity contribution in [3.05, 3.63) is 60.3 Å². The number of carbonyl (C=O) groups excluding carboxylic acids is 1. The Hall–Kier alpha value is -2.29. The molecule has 1 aliphatic heterocycles. The molecule has 0 saturated carbocycles. The molecular formula is C19H22N2O. The lowest BCUT2D eigenvalue weighted by molar-refractivity contribution is -0.127. The van der Waals surface area contributed by atoms with E-state index in [-0.39, 0.29) is 5.91 Å². The molecular weight excluding hydrogens is 272 g/mol. The Kier molecular flexibility index (Phi) is 3.88. The summed E-state index contributed by atoms with van der Waals surface area (Å²) in [7, 11) is 0. The van der Waals surface area contributed by atoms with Gasteiger partial charge in [-0.2, -0.15) is 0 Å². The van der Waals surface area contributed by atoms with Gasteiger partial charge < -0.3 is 9.88 Å². The van der Waals surface area contributed by atoms with Crippen LogP contribution in [0.3, 0.4) is 0 Å². The third kappa shape index (κ3) is 2.59. The zero-order valence-corrected chi connectivity index (χ0v) is 13.1. The largest absolute Gasteiger partial charge is 0.361 e. The second-order valence-corrected chi connectivity index (χ2v) is 6.09. The summed E-state index contributed by atoms with van der Waals surface area (Å²) in [5, 5.41) is 1.32. The lowest BCUT2D eigenvalue weighted by Crippen LogP contribution is -2.38. The van der Waals surface area contributed by atoms with Gasteiger partial charge in [0.05, 0.1) is 0 Å². The van der Waals surface area contributed by atoms with Crippen LogP contribution in [0.5, 0.6) is 0 Å². The molecule has 1 aromatic heterocycles. The minimum absolute atomic E-state index is 0.0169. The number of hydrogen-bond donors (Lipinski definition) is 1. The maximum Gasteiger partial charge on any atom is 0.253 e. The van der Waals surface area contributed by atoms with E-state index in [0.29, 0.717) is 11.5 Å². The average molecular weight is 294 g/mol. The van der Waals surface area contributed by atoms with Crippen molar-refractivity contribution >= 4 is 16.8 Å². The molecule has 3 nitrogen and oxygen atoms in total. The van der Waals surface area contributed by atoms with Gasteiger partial charge in [-0.25, -0.2) is 0 Å². The number of nitrogens with one attached hydrogen (secondary N) is 1. The Morgan fingerprint density at radius 3 is 2.77 bits per heavy atom. The number of aromatic nitrogens is 1. The van der Waals surface area contributed by atoms with E-state index in [2.05, 4.69) is 49.5 Å². The summed E-state index contributed by atoms with van der Waals surface area (Å²) >= 11 is 0. The van der Waals surface area contributed by atoms with E-state index in [1.54, 1.807) is 0 Å². The first-order valence-corrected chi connectivity index (χ1v) is 7.78. The van der Waals surface area contributed by atoms with Crippen LogP contribution in [0.4, 0.5) is 0 Å². The van der Waals surface area contributed by atoms with Crippen molar-refractivity contribution in [2.45, 2.75) is 25.7 Å². The molecule has 2 heterocycles. The summed E-state index contributed by atoms with van der Waals surface area (Å²) < 4.78 is 0. The molecule has 1 aromatic carbocycles. The fourth-order valence-corrected chi connectivity index (χ4v) is 3.28. The molecule has 1 amide bonds. The van der Waals surface area contributed by atoms with Gasteiger partial charge in [0, 0.05) is 35.8 Å². The van der Waals surface area contributed by atoms with Gasteiger partial charge in [0.25, 0.3) is 5.91 Å². The van der Waals surface area contributed by atoms with Crippen LogP contribution in [-0.4, -0.2) is 28.9 Å². The predicted molar refractivity (Wildman–Crippen MR) is 90.9 cm³/mol. The quantitative estimate of drug-likeness (QED) is 0.676. The molecule has 114 valence electrons. The fraction of sp³-hybridized carbons (Fsp3) is 0.316. The Balaban J connectivity index is 1.75. The van der Waals surface area contributed by atoms with Crippen molar-refractivity contribution < 1.29 is 4.79 Å². The average Bonchev–Trinajstić information content (AvgIpc) is 2.96. The minimum atomic E-state index is 0.0169. The zero-order chi connectivity index (χ0) is 15.7. The molecule has 0 unspecified atom stereocenters. The molecule has 0 atom stereocenters. The third-order valence-electron chi connectivity index (χ3n) is 4.61. The van der Waals surface area contributed by atoms with Crippen molar-refractivity contribution in [3.63, 3.8) is 0 Å². The van der Waals surface area contributed by atoms with Crippen LogP contribution in [0, 0.1) is 6.92 Å². The van der Waals surface area contributed by atoms with E-state index in [1.165, 1.54) is 28.1 Å². The number of amides is 1. The molecule has 3 rings (SSSR count). The SMILES string of the molecule is C=CC(=C)C(=O)N1CCC(c2c[nH]c3ccc(C)cc23)CC1. The molecule has 1 aliphatic rings. The first-order valence-electron chi connectivity index (χ1n) is 7.78. The van der Waals surface area contributed by atoms with Crippen molar-refractivity contribution in [2.24, 2.45) is 0 Å². The van der Waals surface area contributed by atoms with Gasteiger partial charge in [-0.1, -0.05) is 30.9 Å². The molecule has 22 heavy (non-hydrogen) atoms. The van der Waals surface area contributed by atoms with Gasteiger partial charge in [0.15, 0.2) is 0 Å². The molecule has 1 N–H and O–H groups in total. The predicted octanol–water partition coefficient (Wildman–Crippen LogP) is 3.92. The van der Waals surface area contributed by atoms with Gasteiger partial charge in [-0.05, 0) is 43.4 Å². The standard InChI is InChI=1S/C19H22N2O/c1-4-14(3)19(22)21-9-7-15(8-10-21)17-12-20-18-6-5-13(2)11-16(17)18/h4-6,11-12,15,20H,1,3,7-10H2,2H3. The first-order chi connectivity index (χ1) is 10.6. The molecule has 0 radical (unpaired) electrons. The topological polar surface area (TPSA) is 36.1 Å². The normalized spacial score (nSPS) is 16.0. The van der Waals surface area contributed by atoms with Crippen molar-refractivity contribution in [1.29, 1.82) is 0 Å². The highest BCUT2D eigenvalue weighted by Crippen LogP contribution is 2.33. The van der Waals surface area contributed by atoms with Crippen molar-refractivity contribution in [3.8, 4) is 0 Å². The molecule has 3 heteroatoms. The van der Waals surface area contributed by atoms with E-state index < -0.39 is 0 Å². The van der Waals surface area contributed by atoms with Gasteiger partial charge in [0.1, 0.15) is 0 Å². The first kappa shape index (κ1) is 14.6. The highest BCUT2D eigenvalue weighted by molar-refractivity contribution is 5.95. The number of likely N-dealkylation sites (tertiary alicyclic amines) is 1. The molecule has 1 saturated heterocycles. The van der Waals surface area contributed by atoms with Crippen LogP contribution in [0.15, 0.2) is 49.2 Å². The van der Waals surface area contributed by atoms with Crippen LogP contribution in [0.25, 0.3) is 10.9 Å². The molecule has 2 aromatic rings. The van der Waals surface area contributed by atoms with Crippen molar-refractivity contribution in [2.75, 3.05) is 13.1 Å². The molecule has 1 fully saturated rings. The Morgan fingerprint density at radius 2 is 2.09 bits per heavy atom. The number of fused-ring (bicyclic) bond motifs is 1. The van der Waals surface area contributed by atoms with Gasteiger partial charge in [-0.15, -0.1) is 0 Å². The molecule has 0 aliphatic carbocycles. The number of carbonyl (C=O) groups is 1. The maximum atomic E-state index is 12.1. The minimum Gasteiger partial charge on any atom is -0.361 e. The van der Waals surface area contributed by atoms with Crippen LogP contribution in [0.2, 0.25) is 0 Å². The Labute approximate surface area is 131 Å². The zero-order valence-electron chi connectivity index (χ0n) is 13.1. The summed E-state index contributed by atoms with van der Waals surface area (Å²) in [6, 6.07) is 6.52. The monoisotopic (exact) mass is 294 g/mol. The van der Waals surface area contributed by atoms with E-state index >= 15 is 0 Å². The van der Waals surface area contributed by atoms with E-state index in [4.69, 9.17) is 0 Å². The highest BCUT2D eigenvalue weighted by atomic mass is 16.2. The Morgan fingerprint density at radius 1 is 1.36 bits per heavy atom. The number of benzene rings is 1. The number of H-pyrrole nitrogens is 1. The maximum absolute atomic E-state index is 12.1. The second kappa shape index (κ2) is 5.84. The lowest BCUT2D eigenvalue weighted by Gasteiger charge is -2.32. The number of rotatable bonds is 3. The van der Waals surface area contributed by atoms with Gasteiger partial charge in [-0.3, -0.25) is 4.79 Å². The summed E-state index contributed by atoms with van der Waals surface area (Å²) in [5.41, 5.74) is 4.34. The van der Waals surface area contributed by atoms with Crippen LogP contribution < -0.4 is 0 Å². The van der Waals surface area contributed by atoms with Crippen LogP contribution in [0.1, 0.15) is 29.9 Å². The van der Waals surface area contributed by atoms with E-state index in [0.717, 1.165) is 25.9 Å². The van der Waals surface area contributed by atoms with Gasteiger partial charge >= 0.3 is 0 Å². The number of aromatic amines is 1. The number of aryl methyl sites for hydroxylation is 1. The molecule has 0 spiro atoms. The van der Waals surface area contributed by atoms with Crippen molar-refractivity contribution in [1.82, 2.24) is 9.88 Å². The summed E-state index contributed by atoms with van der Waals surface area (Å²) in [5.74, 6) is 0.528. The van der Waals surface area contributed by atoms with E-state index in [1.807, 2.05) is 4.90 Å². The fourth-order valence-electron chi connectivity index (χ4n) is 3.28. The number of piperidine rings is 1. The smallest absolute Gasteiger partial charge is 0.253 e. The molecule has 0 bridgehead atoms. The lowest BCUT2D eigenvalue weighted by atomic mass is 9.88. The summed E-state index contributed by atoms with van der Waals surface area (Å²) in [6.45, 7) is 11.1. The highest BCUT2D eigenvalue weighted by Gasteiger charge is 2.25. The second-order valence-electron chi connectivity index (χ2n) is 6.09.